The molecule has 52 heavy (non-hydrogen) atoms. The predicted octanol–water partition coefficient (Wildman–Crippen LogP) is 4.86. The summed E-state index contributed by atoms with van der Waals surface area (Å²) < 4.78 is 23.4. The molecule has 3 aliphatic heterocycles. The van der Waals surface area contributed by atoms with E-state index in [4.69, 9.17) is 18.6 Å². The Morgan fingerprint density at radius 3 is 2.54 bits per heavy atom. The van der Waals surface area contributed by atoms with Gasteiger partial charge in [0.05, 0.1) is 25.9 Å². The first kappa shape index (κ1) is 33.8. The van der Waals surface area contributed by atoms with E-state index >= 15 is 0 Å². The number of aliphatic hydroxyl groups is 1. The molecule has 12 nitrogen and oxygen atoms in total. The molecule has 2 fully saturated rings. The summed E-state index contributed by atoms with van der Waals surface area (Å²) in [6.45, 7) is 4.62. The second-order valence-corrected chi connectivity index (χ2v) is 14.3. The zero-order chi connectivity index (χ0) is 36.7. The van der Waals surface area contributed by atoms with E-state index < -0.39 is 40.5 Å². The van der Waals surface area contributed by atoms with Crippen LogP contribution in [-0.2, 0) is 24.5 Å². The smallest absolute Gasteiger partial charge is 0.344 e. The molecule has 1 saturated heterocycles. The number of phenolic OH excluding ortho intramolecular Hbond substituents is 1. The van der Waals surface area contributed by atoms with E-state index in [1.54, 1.807) is 13.2 Å². The van der Waals surface area contributed by atoms with Gasteiger partial charge in [-0.1, -0.05) is 49.4 Å². The van der Waals surface area contributed by atoms with Crippen molar-refractivity contribution in [2.24, 2.45) is 5.41 Å². The second kappa shape index (κ2) is 11.9. The van der Waals surface area contributed by atoms with E-state index in [9.17, 15) is 24.6 Å². The number of carbonyl (C=O) groups excluding carboxylic acids is 2. The molecule has 1 aromatic heterocycles. The number of rotatable bonds is 7. The number of carbonyl (C=O) groups is 2. The molecule has 4 aromatic rings. The van der Waals surface area contributed by atoms with Crippen LogP contribution in [0.1, 0.15) is 32.3 Å². The van der Waals surface area contributed by atoms with Crippen molar-refractivity contribution < 1.29 is 38.4 Å². The number of hydrogen-bond acceptors (Lipinski definition) is 12. The number of fused-ring (bicyclic) bond motifs is 2. The fourth-order valence-corrected chi connectivity index (χ4v) is 10.1. The summed E-state index contributed by atoms with van der Waals surface area (Å²) in [5.74, 6) is -0.898. The van der Waals surface area contributed by atoms with Gasteiger partial charge in [0, 0.05) is 78.6 Å². The summed E-state index contributed by atoms with van der Waals surface area (Å²) in [5, 5.41) is 27.5. The normalized spacial score (nSPS) is 28.6. The fourth-order valence-electron chi connectivity index (χ4n) is 10.1. The molecule has 0 amide bonds. The number of hydrogen-bond donors (Lipinski definition) is 3. The molecule has 3 N–H and O–H groups in total. The molecule has 1 saturated carbocycles. The van der Waals surface area contributed by atoms with Crippen LogP contribution in [0.2, 0.25) is 0 Å². The van der Waals surface area contributed by atoms with Gasteiger partial charge in [0.15, 0.2) is 11.5 Å². The van der Waals surface area contributed by atoms with Crippen molar-refractivity contribution in [3.05, 3.63) is 88.6 Å². The number of benzene rings is 3. The van der Waals surface area contributed by atoms with Crippen molar-refractivity contribution in [2.45, 2.75) is 55.9 Å². The lowest BCUT2D eigenvalue weighted by molar-refractivity contribution is -0.228. The van der Waals surface area contributed by atoms with Gasteiger partial charge in [-0.05, 0) is 31.0 Å². The highest BCUT2D eigenvalue weighted by atomic mass is 16.6. The van der Waals surface area contributed by atoms with Crippen molar-refractivity contribution in [3.63, 3.8) is 0 Å². The molecule has 8 rings (SSSR count). The van der Waals surface area contributed by atoms with Crippen LogP contribution in [0.3, 0.4) is 0 Å². The Kier molecular flexibility index (Phi) is 7.71. The van der Waals surface area contributed by atoms with E-state index in [1.165, 1.54) is 26.2 Å². The number of esters is 2. The Bertz CT molecular complexity index is 2220. The van der Waals surface area contributed by atoms with Gasteiger partial charge in [-0.2, -0.15) is 0 Å². The number of ether oxygens (including phenoxy) is 3. The van der Waals surface area contributed by atoms with Gasteiger partial charge in [0.2, 0.25) is 5.60 Å². The largest absolute Gasteiger partial charge is 0.507 e. The number of nitrogens with one attached hydrogen (secondary N) is 1. The maximum atomic E-state index is 14.0. The highest BCUT2D eigenvalue weighted by Gasteiger charge is 2.80. The molecule has 1 spiro atoms. The topological polar surface area (TPSA) is 151 Å². The van der Waals surface area contributed by atoms with Crippen LogP contribution in [0.5, 0.6) is 11.5 Å². The summed E-state index contributed by atoms with van der Waals surface area (Å²) in [6.07, 6.45) is 3.90. The van der Waals surface area contributed by atoms with Crippen molar-refractivity contribution in [1.29, 1.82) is 0 Å². The summed E-state index contributed by atoms with van der Waals surface area (Å²) in [6, 6.07) is 16.5. The molecule has 0 radical (unpaired) electrons. The summed E-state index contributed by atoms with van der Waals surface area (Å²) in [4.78, 5) is 44.1. The lowest BCUT2D eigenvalue weighted by atomic mass is 9.47. The second-order valence-electron chi connectivity index (χ2n) is 14.3. The highest BCUT2D eigenvalue weighted by Crippen LogP contribution is 2.68. The molecule has 4 aliphatic rings. The number of nitrogens with zero attached hydrogens (tertiary/aromatic N) is 2. The summed E-state index contributed by atoms with van der Waals surface area (Å²) in [5.41, 5.74) is -0.830. The Balaban J connectivity index is 1.31. The Labute approximate surface area is 300 Å². The zero-order valence-corrected chi connectivity index (χ0v) is 29.6. The molecule has 4 heterocycles. The molecule has 6 atom stereocenters. The zero-order valence-electron chi connectivity index (χ0n) is 29.6. The van der Waals surface area contributed by atoms with Crippen LogP contribution in [-0.4, -0.2) is 85.2 Å². The number of likely N-dealkylation sites (N-methyl/N-ethyl adjacent to an activating group) is 1. The Hall–Kier alpha value is -5.33. The van der Waals surface area contributed by atoms with Crippen molar-refractivity contribution in [3.8, 4) is 22.8 Å². The number of methoxy groups -OCH3 is 2. The molecular formula is C40H41N3O9. The minimum Gasteiger partial charge on any atom is -0.507 e. The van der Waals surface area contributed by atoms with Crippen LogP contribution in [0, 0.1) is 5.41 Å². The monoisotopic (exact) mass is 707 g/mol. The van der Waals surface area contributed by atoms with Crippen molar-refractivity contribution in [2.75, 3.05) is 44.6 Å². The van der Waals surface area contributed by atoms with Gasteiger partial charge in [0.1, 0.15) is 28.2 Å². The van der Waals surface area contributed by atoms with Crippen LogP contribution < -0.4 is 20.4 Å². The van der Waals surface area contributed by atoms with E-state index in [1.807, 2.05) is 73.5 Å². The van der Waals surface area contributed by atoms with Gasteiger partial charge < -0.3 is 39.1 Å². The first-order chi connectivity index (χ1) is 24.9. The third kappa shape index (κ3) is 4.43. The van der Waals surface area contributed by atoms with Gasteiger partial charge in [-0.3, -0.25) is 14.5 Å². The third-order valence-electron chi connectivity index (χ3n) is 11.9. The standard InChI is InChI=1S/C40H41N3O9/c1-6-38-13-10-15-43-16-14-39(34(38)43)25-19-26(31(49-4)20-27(25)42(3)35(39)40(48,37(47)50-5)36(38)51-22(2)44)41-24-17-28(45)33-29(46)21-30(52-32(33)18-24)23-11-8-7-9-12-23/h7-13,17-21,34-36,41,45,48H,6,14-16H2,1-5H3/t34-,35+,36+,38+,39+,40-/m0/s1. The minimum atomic E-state index is -2.25. The molecule has 12 heteroatoms. The first-order valence-corrected chi connectivity index (χ1v) is 17.4. The molecule has 1 aliphatic carbocycles. The lowest BCUT2D eigenvalue weighted by Crippen LogP contribution is -2.81. The number of phenols is 1. The van der Waals surface area contributed by atoms with E-state index in [2.05, 4.69) is 10.2 Å². The summed E-state index contributed by atoms with van der Waals surface area (Å²) >= 11 is 0. The van der Waals surface area contributed by atoms with E-state index in [0.29, 0.717) is 48.8 Å². The first-order valence-electron chi connectivity index (χ1n) is 17.4. The minimum absolute atomic E-state index is 0.0634. The predicted molar refractivity (Wildman–Crippen MR) is 194 cm³/mol. The van der Waals surface area contributed by atoms with Gasteiger partial charge in [0.25, 0.3) is 0 Å². The molecule has 0 bridgehead atoms. The number of anilines is 3. The van der Waals surface area contributed by atoms with Crippen LogP contribution in [0.4, 0.5) is 17.1 Å². The van der Waals surface area contributed by atoms with Crippen molar-refractivity contribution in [1.82, 2.24) is 4.90 Å². The Morgan fingerprint density at radius 1 is 1.08 bits per heavy atom. The van der Waals surface area contributed by atoms with Crippen LogP contribution in [0.15, 0.2) is 82.0 Å². The van der Waals surface area contributed by atoms with Crippen molar-refractivity contribution >= 4 is 40.0 Å². The fraction of sp³-hybridized carbons (Fsp3) is 0.375. The molecular weight excluding hydrogens is 666 g/mol. The maximum absolute atomic E-state index is 14.0. The van der Waals surface area contributed by atoms with Crippen LogP contribution >= 0.6 is 0 Å². The Morgan fingerprint density at radius 2 is 1.85 bits per heavy atom. The maximum Gasteiger partial charge on any atom is 0.344 e. The highest BCUT2D eigenvalue weighted by molar-refractivity contribution is 5.91. The van der Waals surface area contributed by atoms with E-state index in [-0.39, 0.29) is 28.2 Å². The summed E-state index contributed by atoms with van der Waals surface area (Å²) in [7, 11) is 4.61. The van der Waals surface area contributed by atoms with Gasteiger partial charge >= 0.3 is 11.9 Å². The quantitative estimate of drug-likeness (QED) is 0.178. The SMILES string of the molecule is CC[C@]12C=CCN3CC[C@@]4(c5cc(Nc6cc(O)c7c(=O)cc(-c8ccccc8)oc7c6)c(OC)cc5N(C)[C@H]4[C@@](O)(C(=O)OC)[C@@H]1OC(C)=O)[C@@H]32. The van der Waals surface area contributed by atoms with Gasteiger partial charge in [-0.15, -0.1) is 0 Å². The average Bonchev–Trinajstić information content (AvgIpc) is 3.64. The molecule has 270 valence electrons. The van der Waals surface area contributed by atoms with Gasteiger partial charge in [-0.25, -0.2) is 4.79 Å². The average molecular weight is 708 g/mol. The van der Waals surface area contributed by atoms with E-state index in [0.717, 1.165) is 16.8 Å². The molecule has 3 aromatic carbocycles. The third-order valence-corrected chi connectivity index (χ3v) is 11.9. The molecule has 0 unspecified atom stereocenters. The van der Waals surface area contributed by atoms with Crippen LogP contribution in [0.25, 0.3) is 22.3 Å². The number of aromatic hydroxyl groups is 1. The lowest BCUT2D eigenvalue weighted by Gasteiger charge is -2.63.